The molecule has 1 aromatic rings. The predicted molar refractivity (Wildman–Crippen MR) is 65.4 cm³/mol. The minimum atomic E-state index is -0.241. The molecule has 0 aliphatic carbocycles. The molecule has 1 aromatic heterocycles. The van der Waals surface area contributed by atoms with Gasteiger partial charge < -0.3 is 5.73 Å². The first-order valence-corrected chi connectivity index (χ1v) is 5.71. The van der Waals surface area contributed by atoms with Gasteiger partial charge in [0.15, 0.2) is 0 Å². The number of H-pyrrole nitrogens is 1. The molecule has 90 valence electrons. The molecule has 0 spiro atoms. The normalized spacial score (nSPS) is 17.1. The number of thiocarbonyl (C=S) groups is 1. The van der Waals surface area contributed by atoms with Gasteiger partial charge in [-0.3, -0.25) is 14.7 Å². The van der Waals surface area contributed by atoms with Gasteiger partial charge in [0.1, 0.15) is 10.8 Å². The van der Waals surface area contributed by atoms with Gasteiger partial charge in [-0.2, -0.15) is 5.10 Å². The Balaban J connectivity index is 2.42. The summed E-state index contributed by atoms with van der Waals surface area (Å²) in [4.78, 5) is 25.0. The molecule has 17 heavy (non-hydrogen) atoms. The number of amides is 2. The van der Waals surface area contributed by atoms with Crippen LogP contribution in [-0.2, 0) is 9.59 Å². The van der Waals surface area contributed by atoms with Gasteiger partial charge >= 0.3 is 0 Å². The summed E-state index contributed by atoms with van der Waals surface area (Å²) in [6.07, 6.45) is 3.56. The van der Waals surface area contributed by atoms with Crippen molar-refractivity contribution < 1.29 is 9.59 Å². The number of carbonyl (C=O) groups excluding carboxylic acids is 2. The summed E-state index contributed by atoms with van der Waals surface area (Å²) in [5.74, 6) is -0.196. The second kappa shape index (κ2) is 4.62. The van der Waals surface area contributed by atoms with Crippen molar-refractivity contribution >= 4 is 34.8 Å². The lowest BCUT2D eigenvalue weighted by atomic mass is 10.2. The Hall–Kier alpha value is -1.76. The van der Waals surface area contributed by atoms with E-state index in [1.54, 1.807) is 0 Å². The summed E-state index contributed by atoms with van der Waals surface area (Å²) >= 11 is 4.85. The molecule has 0 unspecified atom stereocenters. The highest BCUT2D eigenvalue weighted by Crippen LogP contribution is 2.22. The Kier molecular flexibility index (Phi) is 3.19. The molecule has 0 atom stereocenters. The molecule has 3 N–H and O–H groups in total. The molecule has 2 heterocycles. The summed E-state index contributed by atoms with van der Waals surface area (Å²) in [5.41, 5.74) is 5.94. The van der Waals surface area contributed by atoms with E-state index in [-0.39, 0.29) is 22.6 Å². The van der Waals surface area contributed by atoms with Crippen molar-refractivity contribution in [3.8, 4) is 0 Å². The third kappa shape index (κ3) is 2.19. The molecule has 1 saturated heterocycles. The zero-order chi connectivity index (χ0) is 12.4. The quantitative estimate of drug-likeness (QED) is 0.590. The number of aromatic nitrogens is 2. The number of carbonyl (C=O) groups is 2. The number of aromatic amines is 1. The van der Waals surface area contributed by atoms with Crippen molar-refractivity contribution in [3.63, 3.8) is 0 Å². The van der Waals surface area contributed by atoms with Gasteiger partial charge in [0.2, 0.25) is 11.8 Å². The molecule has 6 nitrogen and oxygen atoms in total. The Morgan fingerprint density at radius 1 is 1.35 bits per heavy atom. The lowest BCUT2D eigenvalue weighted by Crippen LogP contribution is -2.36. The molecule has 0 saturated carbocycles. The van der Waals surface area contributed by atoms with Crippen LogP contribution in [0.3, 0.4) is 0 Å². The maximum absolute atomic E-state index is 11.9. The Morgan fingerprint density at radius 3 is 2.47 bits per heavy atom. The van der Waals surface area contributed by atoms with E-state index < -0.39 is 0 Å². The molecule has 0 aromatic carbocycles. The van der Waals surface area contributed by atoms with Crippen LogP contribution in [0.5, 0.6) is 0 Å². The Morgan fingerprint density at radius 2 is 1.94 bits per heavy atom. The molecule has 0 bridgehead atoms. The van der Waals surface area contributed by atoms with Crippen molar-refractivity contribution in [2.24, 2.45) is 5.73 Å². The van der Waals surface area contributed by atoms with E-state index in [4.69, 9.17) is 18.0 Å². The summed E-state index contributed by atoms with van der Waals surface area (Å²) in [6.45, 7) is 0. The molecule has 1 fully saturated rings. The van der Waals surface area contributed by atoms with Gasteiger partial charge in [-0.25, -0.2) is 4.90 Å². The average molecular weight is 252 g/mol. The molecular weight excluding hydrogens is 240 g/mol. The fourth-order valence-electron chi connectivity index (χ4n) is 1.79. The molecular formula is C10H12N4O2S. The fourth-order valence-corrected chi connectivity index (χ4v) is 1.94. The van der Waals surface area contributed by atoms with E-state index in [0.29, 0.717) is 18.4 Å². The van der Waals surface area contributed by atoms with Crippen LogP contribution < -0.4 is 10.6 Å². The average Bonchev–Trinajstić information content (AvgIpc) is 2.67. The first kappa shape index (κ1) is 11.7. The van der Waals surface area contributed by atoms with Gasteiger partial charge in [-0.05, 0) is 12.8 Å². The van der Waals surface area contributed by atoms with Gasteiger partial charge in [-0.15, -0.1) is 0 Å². The van der Waals surface area contributed by atoms with Crippen LogP contribution in [0, 0.1) is 0 Å². The molecule has 7 heteroatoms. The van der Waals surface area contributed by atoms with Crippen LogP contribution in [-0.4, -0.2) is 27.0 Å². The summed E-state index contributed by atoms with van der Waals surface area (Å²) < 4.78 is 0. The number of hydrogen-bond acceptors (Lipinski definition) is 4. The Labute approximate surface area is 103 Å². The van der Waals surface area contributed by atoms with E-state index in [9.17, 15) is 9.59 Å². The minimum absolute atomic E-state index is 0.110. The zero-order valence-corrected chi connectivity index (χ0v) is 9.92. The fraction of sp³-hybridized carbons (Fsp3) is 0.400. The molecule has 1 aliphatic heterocycles. The first-order chi connectivity index (χ1) is 8.11. The summed E-state index contributed by atoms with van der Waals surface area (Å²) in [6, 6.07) is 0. The number of hydrogen-bond donors (Lipinski definition) is 2. The largest absolute Gasteiger partial charge is 0.389 e. The van der Waals surface area contributed by atoms with Crippen molar-refractivity contribution in [2.75, 3.05) is 4.90 Å². The molecule has 2 rings (SSSR count). The number of nitrogens with two attached hydrogens (primary N) is 1. The van der Waals surface area contributed by atoms with Crippen LogP contribution in [0.15, 0.2) is 6.20 Å². The summed E-state index contributed by atoms with van der Waals surface area (Å²) in [7, 11) is 0. The van der Waals surface area contributed by atoms with Gasteiger partial charge in [0.25, 0.3) is 0 Å². The van der Waals surface area contributed by atoms with Crippen molar-refractivity contribution in [3.05, 3.63) is 11.8 Å². The number of anilines is 1. The van der Waals surface area contributed by atoms with Crippen molar-refractivity contribution in [1.29, 1.82) is 0 Å². The van der Waals surface area contributed by atoms with Gasteiger partial charge in [0.05, 0.1) is 11.8 Å². The predicted octanol–water partition coefficient (Wildman–Crippen LogP) is 0.477. The third-order valence-corrected chi connectivity index (χ3v) is 2.86. The number of rotatable bonds is 2. The minimum Gasteiger partial charge on any atom is -0.389 e. The zero-order valence-electron chi connectivity index (χ0n) is 9.10. The highest BCUT2D eigenvalue weighted by molar-refractivity contribution is 7.80. The van der Waals surface area contributed by atoms with Crippen LogP contribution in [0.2, 0.25) is 0 Å². The van der Waals surface area contributed by atoms with E-state index in [0.717, 1.165) is 17.7 Å². The Bertz CT molecular complexity index is 464. The maximum atomic E-state index is 11.9. The van der Waals surface area contributed by atoms with Crippen molar-refractivity contribution in [2.45, 2.75) is 25.7 Å². The first-order valence-electron chi connectivity index (χ1n) is 5.30. The maximum Gasteiger partial charge on any atom is 0.234 e. The third-order valence-electron chi connectivity index (χ3n) is 2.64. The SMILES string of the molecule is NC(=S)c1cn[nH]c1N1C(=O)CCCCC1=O. The van der Waals surface area contributed by atoms with Crippen molar-refractivity contribution in [1.82, 2.24) is 10.2 Å². The van der Waals surface area contributed by atoms with E-state index in [1.807, 2.05) is 0 Å². The number of nitrogens with zero attached hydrogens (tertiary/aromatic N) is 2. The highest BCUT2D eigenvalue weighted by atomic mass is 32.1. The van der Waals surface area contributed by atoms with E-state index in [1.165, 1.54) is 6.20 Å². The molecule has 1 aliphatic rings. The standard InChI is InChI=1S/C10H12N4O2S/c11-9(17)6-5-12-13-10(6)14-7(15)3-1-2-4-8(14)16/h5H,1-4H2,(H2,11,17)(H,12,13). The smallest absolute Gasteiger partial charge is 0.234 e. The monoisotopic (exact) mass is 252 g/mol. The topological polar surface area (TPSA) is 92.1 Å². The second-order valence-electron chi connectivity index (χ2n) is 3.83. The van der Waals surface area contributed by atoms with Crippen LogP contribution >= 0.6 is 12.2 Å². The van der Waals surface area contributed by atoms with Crippen LogP contribution in [0.4, 0.5) is 5.82 Å². The number of imide groups is 1. The van der Waals surface area contributed by atoms with E-state index >= 15 is 0 Å². The van der Waals surface area contributed by atoms with Crippen LogP contribution in [0.25, 0.3) is 0 Å². The number of nitrogens with one attached hydrogen (secondary N) is 1. The van der Waals surface area contributed by atoms with Gasteiger partial charge in [-0.1, -0.05) is 12.2 Å². The summed E-state index contributed by atoms with van der Waals surface area (Å²) in [5, 5.41) is 6.39. The lowest BCUT2D eigenvalue weighted by Gasteiger charge is -2.17. The molecule has 0 radical (unpaired) electrons. The second-order valence-corrected chi connectivity index (χ2v) is 4.27. The van der Waals surface area contributed by atoms with Crippen LogP contribution in [0.1, 0.15) is 31.2 Å². The highest BCUT2D eigenvalue weighted by Gasteiger charge is 2.29. The van der Waals surface area contributed by atoms with Gasteiger partial charge in [0, 0.05) is 12.8 Å². The van der Waals surface area contributed by atoms with E-state index in [2.05, 4.69) is 10.2 Å². The lowest BCUT2D eigenvalue weighted by molar-refractivity contribution is -0.125. The molecule has 2 amide bonds.